The van der Waals surface area contributed by atoms with E-state index in [1.807, 2.05) is 36.4 Å². The molecule has 1 N–H and O–H groups in total. The number of hydrogen-bond donors (Lipinski definition) is 1. The average Bonchev–Trinajstić information content (AvgIpc) is 2.76. The zero-order valence-electron chi connectivity index (χ0n) is 10.5. The van der Waals surface area contributed by atoms with Crippen LogP contribution in [0, 0.1) is 5.41 Å². The van der Waals surface area contributed by atoms with E-state index < -0.39 is 0 Å². The Labute approximate surface area is 128 Å². The van der Waals surface area contributed by atoms with Crippen LogP contribution in [-0.2, 0) is 6.54 Å². The van der Waals surface area contributed by atoms with Gasteiger partial charge in [-0.15, -0.1) is 0 Å². The Bertz CT molecular complexity index is 833. The van der Waals surface area contributed by atoms with Gasteiger partial charge < -0.3 is 4.57 Å². The van der Waals surface area contributed by atoms with Crippen molar-refractivity contribution >= 4 is 43.3 Å². The molecule has 0 aliphatic rings. The minimum atomic E-state index is 0.0135. The van der Waals surface area contributed by atoms with Crippen molar-refractivity contribution in [2.75, 3.05) is 0 Å². The van der Waals surface area contributed by atoms with Gasteiger partial charge in [0.25, 0.3) is 0 Å². The molecule has 5 heteroatoms. The highest BCUT2D eigenvalue weighted by atomic mass is 79.9. The quantitative estimate of drug-likeness (QED) is 0.719. The first kappa shape index (κ1) is 13.3. The number of nitrogens with zero attached hydrogens (tertiary/aromatic N) is 1. The summed E-state index contributed by atoms with van der Waals surface area (Å²) in [5, 5.41) is 8.01. The first-order valence-corrected chi connectivity index (χ1v) is 7.68. The van der Waals surface area contributed by atoms with Gasteiger partial charge in [0.05, 0.1) is 16.8 Å². The summed E-state index contributed by atoms with van der Waals surface area (Å²) in [6, 6.07) is 15.1. The van der Waals surface area contributed by atoms with E-state index in [-0.39, 0.29) is 12.3 Å². The number of fused-ring (bicyclic) bond motifs is 1. The Balaban J connectivity index is 1.97. The van der Waals surface area contributed by atoms with Crippen LogP contribution in [0.3, 0.4) is 0 Å². The van der Waals surface area contributed by atoms with E-state index in [0.717, 1.165) is 14.7 Å². The van der Waals surface area contributed by atoms with Gasteiger partial charge in [-0.1, -0.05) is 51.5 Å². The number of thiazole rings is 1. The van der Waals surface area contributed by atoms with Crippen LogP contribution in [0.5, 0.6) is 0 Å². The van der Waals surface area contributed by atoms with Crippen LogP contribution >= 0.6 is 27.3 Å². The van der Waals surface area contributed by atoms with E-state index in [1.165, 1.54) is 11.3 Å². The Morgan fingerprint density at radius 1 is 1.15 bits per heavy atom. The second kappa shape index (κ2) is 5.34. The molecule has 0 unspecified atom stereocenters. The second-order valence-corrected chi connectivity index (χ2v) is 6.34. The molecule has 0 spiro atoms. The van der Waals surface area contributed by atoms with Crippen molar-refractivity contribution in [3.63, 3.8) is 0 Å². The Kier molecular flexibility index (Phi) is 3.54. The minimum Gasteiger partial charge on any atom is -0.309 e. The molecule has 20 heavy (non-hydrogen) atoms. The zero-order chi connectivity index (χ0) is 14.1. The first-order chi connectivity index (χ1) is 9.65. The van der Waals surface area contributed by atoms with Crippen molar-refractivity contribution in [2.24, 2.45) is 0 Å². The summed E-state index contributed by atoms with van der Waals surface area (Å²) in [5.41, 5.74) is 1.60. The molecule has 1 heterocycles. The molecule has 0 fully saturated rings. The summed E-state index contributed by atoms with van der Waals surface area (Å²) >= 11 is 4.74. The molecule has 0 saturated heterocycles. The zero-order valence-corrected chi connectivity index (χ0v) is 12.9. The van der Waals surface area contributed by atoms with E-state index in [1.54, 1.807) is 16.7 Å². The van der Waals surface area contributed by atoms with Crippen molar-refractivity contribution < 1.29 is 4.79 Å². The summed E-state index contributed by atoms with van der Waals surface area (Å²) in [5.74, 6) is 0.0135. The molecule has 2 aromatic carbocycles. The van der Waals surface area contributed by atoms with Gasteiger partial charge in [-0.2, -0.15) is 0 Å². The lowest BCUT2D eigenvalue weighted by Gasteiger charge is -2.04. The number of aromatic nitrogens is 1. The van der Waals surface area contributed by atoms with Gasteiger partial charge in [-0.05, 0) is 24.3 Å². The molecule has 3 nitrogen and oxygen atoms in total. The van der Waals surface area contributed by atoms with Crippen molar-refractivity contribution in [1.82, 2.24) is 4.57 Å². The number of halogens is 1. The highest BCUT2D eigenvalue weighted by Gasteiger charge is 2.11. The lowest BCUT2D eigenvalue weighted by molar-refractivity contribution is 0.0972. The van der Waals surface area contributed by atoms with Crippen LogP contribution in [0.4, 0.5) is 0 Å². The van der Waals surface area contributed by atoms with E-state index >= 15 is 0 Å². The molecule has 1 aromatic heterocycles. The summed E-state index contributed by atoms with van der Waals surface area (Å²) in [6.45, 7) is 0.199. The number of benzene rings is 2. The van der Waals surface area contributed by atoms with Gasteiger partial charge in [0.2, 0.25) is 0 Å². The Hall–Kier alpha value is -1.72. The van der Waals surface area contributed by atoms with Gasteiger partial charge in [-0.3, -0.25) is 10.2 Å². The van der Waals surface area contributed by atoms with Gasteiger partial charge in [0, 0.05) is 10.0 Å². The molecule has 0 aliphatic carbocycles. The van der Waals surface area contributed by atoms with E-state index in [0.29, 0.717) is 10.4 Å². The predicted molar refractivity (Wildman–Crippen MR) is 84.1 cm³/mol. The SMILES string of the molecule is N=c1sc2ccccc2n1CC(=O)c1ccc(Br)cc1. The molecule has 100 valence electrons. The number of Topliss-reactive ketones (excluding diaryl/α,β-unsaturated/α-hetero) is 1. The molecule has 3 rings (SSSR count). The smallest absolute Gasteiger partial charge is 0.183 e. The van der Waals surface area contributed by atoms with Gasteiger partial charge in [0.15, 0.2) is 10.6 Å². The second-order valence-electron chi connectivity index (χ2n) is 4.39. The fourth-order valence-corrected chi connectivity index (χ4v) is 3.24. The summed E-state index contributed by atoms with van der Waals surface area (Å²) in [4.78, 5) is 12.7. The van der Waals surface area contributed by atoms with Crippen molar-refractivity contribution in [2.45, 2.75) is 6.54 Å². The molecule has 0 amide bonds. The minimum absolute atomic E-state index is 0.0135. The van der Waals surface area contributed by atoms with Gasteiger partial charge >= 0.3 is 0 Å². The van der Waals surface area contributed by atoms with Crippen molar-refractivity contribution in [1.29, 1.82) is 5.41 Å². The number of carbonyl (C=O) groups excluding carboxylic acids is 1. The lowest BCUT2D eigenvalue weighted by Crippen LogP contribution is -2.19. The van der Waals surface area contributed by atoms with Crippen LogP contribution in [0.1, 0.15) is 10.4 Å². The van der Waals surface area contributed by atoms with Crippen LogP contribution in [-0.4, -0.2) is 10.4 Å². The standard InChI is InChI=1S/C15H11BrN2OS/c16-11-7-5-10(6-8-11)13(19)9-18-12-3-1-2-4-14(12)20-15(18)17/h1-8,17H,9H2. The largest absolute Gasteiger partial charge is 0.309 e. The third kappa shape index (κ3) is 2.46. The molecule has 0 bridgehead atoms. The fraction of sp³-hybridized carbons (Fsp3) is 0.0667. The van der Waals surface area contributed by atoms with Crippen LogP contribution in [0.25, 0.3) is 10.2 Å². The summed E-state index contributed by atoms with van der Waals surface area (Å²) < 4.78 is 3.73. The number of hydrogen-bond acceptors (Lipinski definition) is 3. The Morgan fingerprint density at radius 3 is 2.60 bits per heavy atom. The van der Waals surface area contributed by atoms with Gasteiger partial charge in [0.1, 0.15) is 0 Å². The molecule has 0 atom stereocenters. The van der Waals surface area contributed by atoms with E-state index in [4.69, 9.17) is 5.41 Å². The lowest BCUT2D eigenvalue weighted by atomic mass is 10.1. The monoisotopic (exact) mass is 346 g/mol. The van der Waals surface area contributed by atoms with E-state index in [2.05, 4.69) is 15.9 Å². The number of carbonyl (C=O) groups is 1. The number of rotatable bonds is 3. The van der Waals surface area contributed by atoms with Crippen molar-refractivity contribution in [3.8, 4) is 0 Å². The number of para-hydroxylation sites is 1. The molecule has 0 saturated carbocycles. The fourth-order valence-electron chi connectivity index (χ4n) is 2.06. The van der Waals surface area contributed by atoms with E-state index in [9.17, 15) is 4.79 Å². The molecular weight excluding hydrogens is 336 g/mol. The summed E-state index contributed by atoms with van der Waals surface area (Å²) in [6.07, 6.45) is 0. The molecular formula is C15H11BrN2OS. The number of nitrogens with one attached hydrogen (secondary N) is 1. The maximum absolute atomic E-state index is 12.3. The topological polar surface area (TPSA) is 45.9 Å². The van der Waals surface area contributed by atoms with Gasteiger partial charge in [-0.25, -0.2) is 0 Å². The third-order valence-electron chi connectivity index (χ3n) is 3.08. The maximum Gasteiger partial charge on any atom is 0.183 e. The maximum atomic E-state index is 12.3. The average molecular weight is 347 g/mol. The van der Waals surface area contributed by atoms with Crippen LogP contribution in [0.2, 0.25) is 0 Å². The Morgan fingerprint density at radius 2 is 1.85 bits per heavy atom. The third-order valence-corrected chi connectivity index (χ3v) is 4.58. The molecule has 0 aliphatic heterocycles. The highest BCUT2D eigenvalue weighted by molar-refractivity contribution is 9.10. The normalized spacial score (nSPS) is 10.8. The van der Waals surface area contributed by atoms with Crippen LogP contribution in [0.15, 0.2) is 53.0 Å². The molecule has 0 radical (unpaired) electrons. The summed E-state index contributed by atoms with van der Waals surface area (Å²) in [7, 11) is 0. The predicted octanol–water partition coefficient (Wildman–Crippen LogP) is 3.83. The van der Waals surface area contributed by atoms with Crippen molar-refractivity contribution in [3.05, 3.63) is 63.4 Å². The van der Waals surface area contributed by atoms with Crippen LogP contribution < -0.4 is 4.80 Å². The molecule has 3 aromatic rings. The number of ketones is 1. The highest BCUT2D eigenvalue weighted by Crippen LogP contribution is 2.17. The first-order valence-electron chi connectivity index (χ1n) is 6.07.